The van der Waals surface area contributed by atoms with E-state index in [1.807, 2.05) is 4.90 Å². The van der Waals surface area contributed by atoms with Crippen LogP contribution in [0.3, 0.4) is 0 Å². The summed E-state index contributed by atoms with van der Waals surface area (Å²) in [7, 11) is 0. The molecular weight excluding hydrogens is 421 g/mol. The van der Waals surface area contributed by atoms with Gasteiger partial charge in [0.2, 0.25) is 0 Å². The van der Waals surface area contributed by atoms with Gasteiger partial charge in [-0.2, -0.15) is 13.2 Å². The monoisotopic (exact) mass is 448 g/mol. The van der Waals surface area contributed by atoms with Crippen LogP contribution in [0, 0.1) is 5.92 Å². The summed E-state index contributed by atoms with van der Waals surface area (Å²) < 4.78 is 38.8. The molecule has 1 N–H and O–H groups in total. The minimum atomic E-state index is -4.49. The molecule has 32 heavy (non-hydrogen) atoms. The molecule has 2 aromatic rings. The van der Waals surface area contributed by atoms with Crippen LogP contribution in [0.25, 0.3) is 0 Å². The number of anilines is 1. The average Bonchev–Trinajstić information content (AvgIpc) is 2.81. The van der Waals surface area contributed by atoms with Crippen LogP contribution in [0.4, 0.5) is 19.0 Å². The highest BCUT2D eigenvalue weighted by atomic mass is 19.4. The smallest absolute Gasteiger partial charge is 0.353 e. The highest BCUT2D eigenvalue weighted by molar-refractivity contribution is 5.95. The number of rotatable bonds is 6. The maximum Gasteiger partial charge on any atom is 0.416 e. The van der Waals surface area contributed by atoms with Gasteiger partial charge in [-0.3, -0.25) is 9.59 Å². The number of carbonyl (C=O) groups is 2. The van der Waals surface area contributed by atoms with Gasteiger partial charge in [-0.1, -0.05) is 26.3 Å². The molecule has 1 aliphatic heterocycles. The molecule has 1 unspecified atom stereocenters. The van der Waals surface area contributed by atoms with E-state index in [1.165, 1.54) is 18.3 Å². The third-order valence-corrected chi connectivity index (χ3v) is 5.65. The lowest BCUT2D eigenvalue weighted by atomic mass is 10.1. The molecule has 1 aromatic carbocycles. The van der Waals surface area contributed by atoms with Crippen LogP contribution in [-0.2, 0) is 6.18 Å². The first-order valence-corrected chi connectivity index (χ1v) is 10.6. The Morgan fingerprint density at radius 2 is 1.81 bits per heavy atom. The SMILES string of the molecule is CCC(C)CNC(=O)c1ccc(N2CCN(C(=O)c3cccc(C(F)(F)F)c3)CC2)nc1. The van der Waals surface area contributed by atoms with E-state index < -0.39 is 17.6 Å². The van der Waals surface area contributed by atoms with E-state index in [1.54, 1.807) is 17.0 Å². The van der Waals surface area contributed by atoms with E-state index in [4.69, 9.17) is 0 Å². The van der Waals surface area contributed by atoms with E-state index in [0.29, 0.717) is 50.0 Å². The Morgan fingerprint density at radius 1 is 1.09 bits per heavy atom. The summed E-state index contributed by atoms with van der Waals surface area (Å²) >= 11 is 0. The molecule has 6 nitrogen and oxygen atoms in total. The van der Waals surface area contributed by atoms with Crippen LogP contribution in [0.2, 0.25) is 0 Å². The van der Waals surface area contributed by atoms with Crippen molar-refractivity contribution < 1.29 is 22.8 Å². The number of amides is 2. The molecule has 0 bridgehead atoms. The minimum absolute atomic E-state index is 0.0270. The molecule has 2 heterocycles. The van der Waals surface area contributed by atoms with Crippen molar-refractivity contribution in [2.45, 2.75) is 26.4 Å². The lowest BCUT2D eigenvalue weighted by Crippen LogP contribution is -2.49. The summed E-state index contributed by atoms with van der Waals surface area (Å²) in [4.78, 5) is 32.8. The molecule has 0 saturated carbocycles. The van der Waals surface area contributed by atoms with Gasteiger partial charge in [-0.25, -0.2) is 4.98 Å². The van der Waals surface area contributed by atoms with Crippen molar-refractivity contribution in [2.24, 2.45) is 5.92 Å². The van der Waals surface area contributed by atoms with Crippen LogP contribution >= 0.6 is 0 Å². The molecule has 1 fully saturated rings. The predicted octanol–water partition coefficient (Wildman–Crippen LogP) is 3.84. The first kappa shape index (κ1) is 23.6. The fourth-order valence-corrected chi connectivity index (χ4v) is 3.37. The zero-order chi connectivity index (χ0) is 23.3. The van der Waals surface area contributed by atoms with E-state index >= 15 is 0 Å². The van der Waals surface area contributed by atoms with Crippen LogP contribution in [0.5, 0.6) is 0 Å². The van der Waals surface area contributed by atoms with Gasteiger partial charge in [0, 0.05) is 44.5 Å². The van der Waals surface area contributed by atoms with Crippen molar-refractivity contribution >= 4 is 17.6 Å². The van der Waals surface area contributed by atoms with Crippen molar-refractivity contribution in [3.63, 3.8) is 0 Å². The van der Waals surface area contributed by atoms with Crippen molar-refractivity contribution in [1.82, 2.24) is 15.2 Å². The van der Waals surface area contributed by atoms with Gasteiger partial charge < -0.3 is 15.1 Å². The molecule has 0 aliphatic carbocycles. The maximum absolute atomic E-state index is 12.9. The van der Waals surface area contributed by atoms with E-state index in [2.05, 4.69) is 24.1 Å². The second kappa shape index (κ2) is 10.0. The van der Waals surface area contributed by atoms with Gasteiger partial charge in [-0.05, 0) is 36.2 Å². The van der Waals surface area contributed by atoms with Crippen molar-refractivity contribution in [3.05, 3.63) is 59.3 Å². The maximum atomic E-state index is 12.9. The lowest BCUT2D eigenvalue weighted by Gasteiger charge is -2.35. The Labute approximate surface area is 185 Å². The number of alkyl halides is 3. The fourth-order valence-electron chi connectivity index (χ4n) is 3.37. The Morgan fingerprint density at radius 3 is 2.41 bits per heavy atom. The minimum Gasteiger partial charge on any atom is -0.353 e. The van der Waals surface area contributed by atoms with Crippen molar-refractivity contribution in [1.29, 1.82) is 0 Å². The van der Waals surface area contributed by atoms with Gasteiger partial charge in [0.25, 0.3) is 11.8 Å². The Hall–Kier alpha value is -3.10. The van der Waals surface area contributed by atoms with E-state index in [-0.39, 0.29) is 11.5 Å². The fraction of sp³-hybridized carbons (Fsp3) is 0.435. The second-order valence-electron chi connectivity index (χ2n) is 7.99. The van der Waals surface area contributed by atoms with Crippen LogP contribution in [0.15, 0.2) is 42.6 Å². The molecule has 1 aromatic heterocycles. The Balaban J connectivity index is 1.56. The number of hydrogen-bond acceptors (Lipinski definition) is 4. The number of benzene rings is 1. The molecule has 0 radical (unpaired) electrons. The number of piperazine rings is 1. The number of carbonyl (C=O) groups excluding carboxylic acids is 2. The standard InChI is InChI=1S/C23H27F3N4O2/c1-3-16(2)14-28-21(31)18-7-8-20(27-15-18)29-9-11-30(12-10-29)22(32)17-5-4-6-19(13-17)23(24,25)26/h4-8,13,15-16H,3,9-12,14H2,1-2H3,(H,28,31). The van der Waals surface area contributed by atoms with E-state index in [9.17, 15) is 22.8 Å². The summed E-state index contributed by atoms with van der Waals surface area (Å²) in [6, 6.07) is 7.97. The molecular formula is C23H27F3N4O2. The normalized spacial score (nSPS) is 15.4. The Bertz CT molecular complexity index is 939. The summed E-state index contributed by atoms with van der Waals surface area (Å²) in [5, 5.41) is 2.89. The third kappa shape index (κ3) is 5.77. The third-order valence-electron chi connectivity index (χ3n) is 5.65. The predicted molar refractivity (Wildman–Crippen MR) is 116 cm³/mol. The van der Waals surface area contributed by atoms with Gasteiger partial charge in [0.1, 0.15) is 5.82 Å². The van der Waals surface area contributed by atoms with E-state index in [0.717, 1.165) is 18.6 Å². The summed E-state index contributed by atoms with van der Waals surface area (Å²) in [6.07, 6.45) is -1.97. The first-order chi connectivity index (χ1) is 15.2. The topological polar surface area (TPSA) is 65.5 Å². The van der Waals surface area contributed by atoms with Gasteiger partial charge >= 0.3 is 6.18 Å². The number of nitrogens with one attached hydrogen (secondary N) is 1. The van der Waals surface area contributed by atoms with Crippen LogP contribution in [0.1, 0.15) is 46.5 Å². The molecule has 1 aliphatic rings. The molecule has 0 spiro atoms. The summed E-state index contributed by atoms with van der Waals surface area (Å²) in [5.74, 6) is 0.508. The number of hydrogen-bond donors (Lipinski definition) is 1. The van der Waals surface area contributed by atoms with Gasteiger partial charge in [0.05, 0.1) is 11.1 Å². The highest BCUT2D eigenvalue weighted by Crippen LogP contribution is 2.30. The number of halogens is 3. The first-order valence-electron chi connectivity index (χ1n) is 10.6. The van der Waals surface area contributed by atoms with Gasteiger partial charge in [-0.15, -0.1) is 0 Å². The number of pyridine rings is 1. The highest BCUT2D eigenvalue weighted by Gasteiger charge is 2.31. The zero-order valence-electron chi connectivity index (χ0n) is 18.2. The molecule has 3 rings (SSSR count). The average molecular weight is 448 g/mol. The van der Waals surface area contributed by atoms with Crippen LogP contribution in [-0.4, -0.2) is 54.4 Å². The largest absolute Gasteiger partial charge is 0.416 e. The molecule has 9 heteroatoms. The quantitative estimate of drug-likeness (QED) is 0.729. The van der Waals surface area contributed by atoms with Crippen LogP contribution < -0.4 is 10.2 Å². The van der Waals surface area contributed by atoms with Crippen molar-refractivity contribution in [2.75, 3.05) is 37.6 Å². The molecule has 1 saturated heterocycles. The Kier molecular flexibility index (Phi) is 7.37. The number of nitrogens with zero attached hydrogens (tertiary/aromatic N) is 3. The molecule has 172 valence electrons. The number of aromatic nitrogens is 1. The van der Waals surface area contributed by atoms with Crippen molar-refractivity contribution in [3.8, 4) is 0 Å². The molecule has 1 atom stereocenters. The summed E-state index contributed by atoms with van der Waals surface area (Å²) in [5.41, 5.74) is -0.325. The second-order valence-corrected chi connectivity index (χ2v) is 7.99. The zero-order valence-corrected chi connectivity index (χ0v) is 18.2. The molecule has 2 amide bonds. The summed E-state index contributed by atoms with van der Waals surface area (Å²) in [6.45, 7) is 6.48. The van der Waals surface area contributed by atoms with Gasteiger partial charge in [0.15, 0.2) is 0 Å². The lowest BCUT2D eigenvalue weighted by molar-refractivity contribution is -0.137.